The molecule has 0 radical (unpaired) electrons. The average molecular weight is 286 g/mol. The van der Waals surface area contributed by atoms with Crippen molar-refractivity contribution in [1.82, 2.24) is 0 Å². The first-order chi connectivity index (χ1) is 8.42. The fourth-order valence-electron chi connectivity index (χ4n) is 1.50. The van der Waals surface area contributed by atoms with Crippen molar-refractivity contribution in [2.45, 2.75) is 45.1 Å². The quantitative estimate of drug-likeness (QED) is 0.610. The number of thioether (sulfide) groups is 1. The van der Waals surface area contributed by atoms with Crippen LogP contribution in [0.4, 0.5) is 10.7 Å². The second-order valence-electron chi connectivity index (χ2n) is 4.68. The molecule has 0 aliphatic heterocycles. The van der Waals surface area contributed by atoms with Gasteiger partial charge in [0.25, 0.3) is 0 Å². The van der Waals surface area contributed by atoms with Gasteiger partial charge in [-0.25, -0.2) is 0 Å². The molecule has 18 heavy (non-hydrogen) atoms. The van der Waals surface area contributed by atoms with E-state index in [9.17, 15) is 4.79 Å². The van der Waals surface area contributed by atoms with Crippen molar-refractivity contribution in [2.75, 3.05) is 17.3 Å². The SMILES string of the molecule is CCC(C)Nc1sc(C(=O)C(C)C)c(N)c1SC. The molecule has 0 saturated heterocycles. The molecule has 1 atom stereocenters. The number of hydrogen-bond acceptors (Lipinski definition) is 5. The van der Waals surface area contributed by atoms with Crippen molar-refractivity contribution in [3.63, 3.8) is 0 Å². The Bertz CT molecular complexity index is 427. The van der Waals surface area contributed by atoms with Crippen LogP contribution in [0.3, 0.4) is 0 Å². The highest BCUT2D eigenvalue weighted by atomic mass is 32.2. The van der Waals surface area contributed by atoms with Gasteiger partial charge in [-0.2, -0.15) is 0 Å². The number of nitrogens with one attached hydrogen (secondary N) is 1. The van der Waals surface area contributed by atoms with Gasteiger partial charge < -0.3 is 11.1 Å². The second kappa shape index (κ2) is 6.48. The highest BCUT2D eigenvalue weighted by Gasteiger charge is 2.22. The number of anilines is 2. The van der Waals surface area contributed by atoms with Crippen LogP contribution in [0.1, 0.15) is 43.8 Å². The summed E-state index contributed by atoms with van der Waals surface area (Å²) in [6, 6.07) is 0.385. The molecule has 1 unspecified atom stereocenters. The maximum Gasteiger partial charge on any atom is 0.177 e. The van der Waals surface area contributed by atoms with Gasteiger partial charge in [0.15, 0.2) is 5.78 Å². The summed E-state index contributed by atoms with van der Waals surface area (Å²) < 4.78 is 0. The molecule has 0 aliphatic rings. The molecule has 3 N–H and O–H groups in total. The Balaban J connectivity index is 3.13. The predicted octanol–water partition coefficient (Wildman–Crippen LogP) is 4.10. The van der Waals surface area contributed by atoms with E-state index in [1.807, 2.05) is 20.1 Å². The third-order valence-corrected chi connectivity index (χ3v) is 4.95. The highest BCUT2D eigenvalue weighted by molar-refractivity contribution is 7.99. The molecule has 0 aromatic carbocycles. The molecular weight excluding hydrogens is 264 g/mol. The first kappa shape index (κ1) is 15.4. The number of hydrogen-bond donors (Lipinski definition) is 2. The van der Waals surface area contributed by atoms with E-state index in [0.29, 0.717) is 16.6 Å². The normalized spacial score (nSPS) is 12.8. The van der Waals surface area contributed by atoms with Gasteiger partial charge in [0.1, 0.15) is 5.00 Å². The van der Waals surface area contributed by atoms with Crippen molar-refractivity contribution in [3.8, 4) is 0 Å². The van der Waals surface area contributed by atoms with Gasteiger partial charge in [-0.05, 0) is 19.6 Å². The van der Waals surface area contributed by atoms with Gasteiger partial charge in [0, 0.05) is 12.0 Å². The molecular formula is C13H22N2OS2. The van der Waals surface area contributed by atoms with Crippen LogP contribution in [0.5, 0.6) is 0 Å². The van der Waals surface area contributed by atoms with Gasteiger partial charge in [0.2, 0.25) is 0 Å². The van der Waals surface area contributed by atoms with Crippen LogP contribution in [-0.2, 0) is 0 Å². The molecule has 102 valence electrons. The topological polar surface area (TPSA) is 55.1 Å². The maximum atomic E-state index is 12.1. The van der Waals surface area contributed by atoms with E-state index in [-0.39, 0.29) is 11.7 Å². The summed E-state index contributed by atoms with van der Waals surface area (Å²) in [6.45, 7) is 8.07. The zero-order valence-electron chi connectivity index (χ0n) is 11.7. The summed E-state index contributed by atoms with van der Waals surface area (Å²) >= 11 is 3.08. The number of rotatable bonds is 6. The molecule has 0 amide bonds. The molecule has 1 aromatic heterocycles. The first-order valence-corrected chi connectivity index (χ1v) is 8.23. The fourth-order valence-corrected chi connectivity index (χ4v) is 3.72. The molecule has 3 nitrogen and oxygen atoms in total. The Morgan fingerprint density at radius 1 is 1.44 bits per heavy atom. The van der Waals surface area contributed by atoms with Crippen molar-refractivity contribution in [2.24, 2.45) is 5.92 Å². The monoisotopic (exact) mass is 286 g/mol. The smallest absolute Gasteiger partial charge is 0.177 e. The van der Waals surface area contributed by atoms with Crippen LogP contribution < -0.4 is 11.1 Å². The van der Waals surface area contributed by atoms with Gasteiger partial charge in [-0.15, -0.1) is 23.1 Å². The Labute approximate surface area is 118 Å². The lowest BCUT2D eigenvalue weighted by Crippen LogP contribution is -2.12. The Hall–Kier alpha value is -0.680. The summed E-state index contributed by atoms with van der Waals surface area (Å²) in [4.78, 5) is 13.8. The summed E-state index contributed by atoms with van der Waals surface area (Å²) in [5.74, 6) is 0.113. The predicted molar refractivity (Wildman–Crippen MR) is 83.1 cm³/mol. The Morgan fingerprint density at radius 3 is 2.50 bits per heavy atom. The van der Waals surface area contributed by atoms with Crippen molar-refractivity contribution < 1.29 is 4.79 Å². The molecule has 0 saturated carbocycles. The van der Waals surface area contributed by atoms with Crippen LogP contribution in [0, 0.1) is 5.92 Å². The van der Waals surface area contributed by atoms with E-state index >= 15 is 0 Å². The van der Waals surface area contributed by atoms with E-state index in [1.54, 1.807) is 11.8 Å². The number of thiophene rings is 1. The van der Waals surface area contributed by atoms with Crippen molar-refractivity contribution >= 4 is 39.6 Å². The highest BCUT2D eigenvalue weighted by Crippen LogP contribution is 2.42. The van der Waals surface area contributed by atoms with Crippen LogP contribution >= 0.6 is 23.1 Å². The van der Waals surface area contributed by atoms with E-state index in [1.165, 1.54) is 11.3 Å². The van der Waals surface area contributed by atoms with Gasteiger partial charge >= 0.3 is 0 Å². The third-order valence-electron chi connectivity index (χ3n) is 2.84. The lowest BCUT2D eigenvalue weighted by Gasteiger charge is -2.12. The number of ketones is 1. The third kappa shape index (κ3) is 3.20. The molecule has 0 fully saturated rings. The van der Waals surface area contributed by atoms with Crippen molar-refractivity contribution in [3.05, 3.63) is 4.88 Å². The number of nitrogen functional groups attached to an aromatic ring is 1. The molecule has 0 aliphatic carbocycles. The lowest BCUT2D eigenvalue weighted by molar-refractivity contribution is 0.0944. The summed E-state index contributed by atoms with van der Waals surface area (Å²) in [6.07, 6.45) is 3.03. The number of carbonyl (C=O) groups excluding carboxylic acids is 1. The second-order valence-corrected chi connectivity index (χ2v) is 6.52. The Morgan fingerprint density at radius 2 is 2.06 bits per heavy atom. The van der Waals surface area contributed by atoms with E-state index in [4.69, 9.17) is 5.73 Å². The van der Waals surface area contributed by atoms with Gasteiger partial charge in [0.05, 0.1) is 15.5 Å². The Kier molecular flexibility index (Phi) is 5.53. The summed E-state index contributed by atoms with van der Waals surface area (Å²) in [7, 11) is 0. The summed E-state index contributed by atoms with van der Waals surface area (Å²) in [5.41, 5.74) is 6.74. The fraction of sp³-hybridized carbons (Fsp3) is 0.615. The number of nitrogens with two attached hydrogens (primary N) is 1. The van der Waals surface area contributed by atoms with Crippen LogP contribution in [0.25, 0.3) is 0 Å². The zero-order chi connectivity index (χ0) is 13.9. The van der Waals surface area contributed by atoms with Crippen LogP contribution in [0.15, 0.2) is 4.90 Å². The van der Waals surface area contributed by atoms with E-state index in [0.717, 1.165) is 16.3 Å². The van der Waals surface area contributed by atoms with Crippen LogP contribution in [-0.4, -0.2) is 18.1 Å². The molecule has 0 spiro atoms. The zero-order valence-corrected chi connectivity index (χ0v) is 13.3. The lowest BCUT2D eigenvalue weighted by atomic mass is 10.1. The average Bonchev–Trinajstić information content (AvgIpc) is 2.64. The minimum absolute atomic E-state index is 0.0166. The van der Waals surface area contributed by atoms with Gasteiger partial charge in [-0.3, -0.25) is 4.79 Å². The van der Waals surface area contributed by atoms with Crippen molar-refractivity contribution in [1.29, 1.82) is 0 Å². The maximum absolute atomic E-state index is 12.1. The minimum atomic E-state index is -0.0166. The largest absolute Gasteiger partial charge is 0.396 e. The van der Waals surface area contributed by atoms with Crippen LogP contribution in [0.2, 0.25) is 0 Å². The molecule has 1 heterocycles. The number of Topliss-reactive ketones (excluding diaryl/α,β-unsaturated/α-hetero) is 1. The van der Waals surface area contributed by atoms with Gasteiger partial charge in [-0.1, -0.05) is 20.8 Å². The van der Waals surface area contributed by atoms with E-state index < -0.39 is 0 Å². The molecule has 1 rings (SSSR count). The summed E-state index contributed by atoms with van der Waals surface area (Å²) in [5, 5.41) is 4.46. The first-order valence-electron chi connectivity index (χ1n) is 6.19. The number of carbonyl (C=O) groups is 1. The standard InChI is InChI=1S/C13H22N2OS2/c1-6-8(4)15-13-12(17-5)9(14)11(18-13)10(16)7(2)3/h7-8,15H,6,14H2,1-5H3. The molecule has 0 bridgehead atoms. The minimum Gasteiger partial charge on any atom is -0.396 e. The molecule has 1 aromatic rings. The molecule has 5 heteroatoms. The van der Waals surface area contributed by atoms with E-state index in [2.05, 4.69) is 19.2 Å².